The van der Waals surface area contributed by atoms with Gasteiger partial charge in [0.25, 0.3) is 5.56 Å². The van der Waals surface area contributed by atoms with E-state index in [4.69, 9.17) is 10.5 Å². The molecule has 1 unspecified atom stereocenters. The SMILES string of the molecule is COc1ccc(-c2ccc(C(C)N)c(=O)n2C2CC2)cc1C. The molecule has 0 spiro atoms. The summed E-state index contributed by atoms with van der Waals surface area (Å²) < 4.78 is 7.23. The van der Waals surface area contributed by atoms with Crippen LogP contribution in [0, 0.1) is 6.92 Å². The van der Waals surface area contributed by atoms with E-state index in [-0.39, 0.29) is 11.6 Å². The Morgan fingerprint density at radius 2 is 2.00 bits per heavy atom. The lowest BCUT2D eigenvalue weighted by atomic mass is 10.0. The second-order valence-electron chi connectivity index (χ2n) is 6.05. The fraction of sp³-hybridized carbons (Fsp3) is 0.389. The average molecular weight is 298 g/mol. The lowest BCUT2D eigenvalue weighted by Crippen LogP contribution is -2.27. The van der Waals surface area contributed by atoms with Gasteiger partial charge in [0, 0.05) is 17.6 Å². The summed E-state index contributed by atoms with van der Waals surface area (Å²) in [6.07, 6.45) is 2.12. The molecule has 4 heteroatoms. The van der Waals surface area contributed by atoms with E-state index in [1.807, 2.05) is 42.7 Å². The van der Waals surface area contributed by atoms with Crippen LogP contribution in [0.25, 0.3) is 11.3 Å². The van der Waals surface area contributed by atoms with Crippen molar-refractivity contribution in [2.75, 3.05) is 7.11 Å². The van der Waals surface area contributed by atoms with Crippen molar-refractivity contribution >= 4 is 0 Å². The Morgan fingerprint density at radius 1 is 1.27 bits per heavy atom. The Kier molecular flexibility index (Phi) is 3.79. The van der Waals surface area contributed by atoms with Gasteiger partial charge in [-0.2, -0.15) is 0 Å². The van der Waals surface area contributed by atoms with E-state index in [1.165, 1.54) is 0 Å². The third kappa shape index (κ3) is 2.55. The Bertz CT molecular complexity index is 758. The molecule has 3 rings (SSSR count). The zero-order chi connectivity index (χ0) is 15.9. The first kappa shape index (κ1) is 14.9. The summed E-state index contributed by atoms with van der Waals surface area (Å²) in [5.74, 6) is 0.858. The molecule has 4 nitrogen and oxygen atoms in total. The largest absolute Gasteiger partial charge is 0.496 e. The maximum Gasteiger partial charge on any atom is 0.256 e. The van der Waals surface area contributed by atoms with Gasteiger partial charge in [-0.1, -0.05) is 0 Å². The molecule has 1 aromatic heterocycles. The first-order valence-electron chi connectivity index (χ1n) is 7.69. The van der Waals surface area contributed by atoms with Gasteiger partial charge in [0.1, 0.15) is 5.75 Å². The van der Waals surface area contributed by atoms with E-state index in [2.05, 4.69) is 6.07 Å². The highest BCUT2D eigenvalue weighted by Crippen LogP contribution is 2.38. The highest BCUT2D eigenvalue weighted by molar-refractivity contribution is 5.63. The molecule has 22 heavy (non-hydrogen) atoms. The molecule has 1 aromatic carbocycles. The maximum atomic E-state index is 12.8. The number of ether oxygens (including phenoxy) is 1. The molecule has 2 aromatic rings. The molecule has 116 valence electrons. The minimum atomic E-state index is -0.246. The summed E-state index contributed by atoms with van der Waals surface area (Å²) in [5.41, 5.74) is 9.71. The molecule has 1 aliphatic carbocycles. The summed E-state index contributed by atoms with van der Waals surface area (Å²) in [5, 5.41) is 0. The third-order valence-electron chi connectivity index (χ3n) is 4.24. The van der Waals surface area contributed by atoms with Gasteiger partial charge in [0.2, 0.25) is 0 Å². The number of benzene rings is 1. The molecule has 0 saturated heterocycles. The number of aryl methyl sites for hydroxylation is 1. The van der Waals surface area contributed by atoms with Crippen LogP contribution in [0.5, 0.6) is 5.75 Å². The number of nitrogens with zero attached hydrogens (tertiary/aromatic N) is 1. The van der Waals surface area contributed by atoms with Crippen LogP contribution in [-0.4, -0.2) is 11.7 Å². The van der Waals surface area contributed by atoms with Crippen LogP contribution in [0.4, 0.5) is 0 Å². The van der Waals surface area contributed by atoms with Gasteiger partial charge in [0.05, 0.1) is 12.8 Å². The molecule has 2 N–H and O–H groups in total. The summed E-state index contributed by atoms with van der Waals surface area (Å²) in [7, 11) is 1.67. The van der Waals surface area contributed by atoms with Crippen LogP contribution in [0.3, 0.4) is 0 Å². The van der Waals surface area contributed by atoms with E-state index in [1.54, 1.807) is 7.11 Å². The minimum absolute atomic E-state index is 0.0449. The molecule has 0 amide bonds. The summed E-state index contributed by atoms with van der Waals surface area (Å²) in [4.78, 5) is 12.8. The van der Waals surface area contributed by atoms with Crippen molar-refractivity contribution in [2.24, 2.45) is 5.73 Å². The number of hydrogen-bond donors (Lipinski definition) is 1. The Morgan fingerprint density at radius 3 is 2.55 bits per heavy atom. The van der Waals surface area contributed by atoms with E-state index < -0.39 is 0 Å². The van der Waals surface area contributed by atoms with E-state index in [0.29, 0.717) is 11.6 Å². The molecular formula is C18H22N2O2. The van der Waals surface area contributed by atoms with Gasteiger partial charge in [-0.3, -0.25) is 4.79 Å². The van der Waals surface area contributed by atoms with Crippen molar-refractivity contribution in [3.63, 3.8) is 0 Å². The number of methoxy groups -OCH3 is 1. The van der Waals surface area contributed by atoms with Crippen LogP contribution >= 0.6 is 0 Å². The Balaban J connectivity index is 2.17. The molecule has 0 bridgehead atoms. The van der Waals surface area contributed by atoms with Crippen LogP contribution in [0.15, 0.2) is 35.1 Å². The molecule has 0 aliphatic heterocycles. The van der Waals surface area contributed by atoms with Gasteiger partial charge >= 0.3 is 0 Å². The van der Waals surface area contributed by atoms with Gasteiger partial charge in [-0.05, 0) is 68.1 Å². The van der Waals surface area contributed by atoms with Crippen molar-refractivity contribution in [3.05, 3.63) is 51.8 Å². The number of rotatable bonds is 4. The first-order chi connectivity index (χ1) is 10.5. The van der Waals surface area contributed by atoms with Crippen molar-refractivity contribution in [2.45, 2.75) is 38.8 Å². The fourth-order valence-electron chi connectivity index (χ4n) is 2.88. The monoisotopic (exact) mass is 298 g/mol. The van der Waals surface area contributed by atoms with Gasteiger partial charge < -0.3 is 15.0 Å². The topological polar surface area (TPSA) is 57.2 Å². The predicted octanol–water partition coefficient (Wildman–Crippen LogP) is 3.19. The quantitative estimate of drug-likeness (QED) is 0.943. The number of pyridine rings is 1. The molecular weight excluding hydrogens is 276 g/mol. The standard InChI is InChI=1S/C18H22N2O2/c1-11-10-13(4-9-17(11)22-3)16-8-7-15(12(2)19)18(21)20(16)14-5-6-14/h4,7-10,12,14H,5-6,19H2,1-3H3. The van der Waals surface area contributed by atoms with Crippen molar-refractivity contribution in [1.82, 2.24) is 4.57 Å². The lowest BCUT2D eigenvalue weighted by molar-refractivity contribution is 0.412. The second kappa shape index (κ2) is 5.61. The minimum Gasteiger partial charge on any atom is -0.496 e. The molecule has 0 radical (unpaired) electrons. The molecule has 1 heterocycles. The van der Waals surface area contributed by atoms with E-state index >= 15 is 0 Å². The number of aromatic nitrogens is 1. The molecule has 1 fully saturated rings. The third-order valence-corrected chi connectivity index (χ3v) is 4.24. The van der Waals surface area contributed by atoms with Crippen molar-refractivity contribution < 1.29 is 4.74 Å². The Labute approximate surface area is 130 Å². The van der Waals surface area contributed by atoms with Crippen LogP contribution in [0.2, 0.25) is 0 Å². The lowest BCUT2D eigenvalue weighted by Gasteiger charge is -2.16. The zero-order valence-corrected chi connectivity index (χ0v) is 13.3. The Hall–Kier alpha value is -2.07. The van der Waals surface area contributed by atoms with Crippen LogP contribution in [0.1, 0.15) is 43.0 Å². The predicted molar refractivity (Wildman–Crippen MR) is 88.3 cm³/mol. The number of nitrogens with two attached hydrogens (primary N) is 1. The fourth-order valence-corrected chi connectivity index (χ4v) is 2.88. The van der Waals surface area contributed by atoms with Gasteiger partial charge in [-0.15, -0.1) is 0 Å². The normalized spacial score (nSPS) is 15.6. The van der Waals surface area contributed by atoms with Crippen molar-refractivity contribution in [1.29, 1.82) is 0 Å². The van der Waals surface area contributed by atoms with E-state index in [0.717, 1.165) is 35.4 Å². The molecule has 1 atom stereocenters. The van der Waals surface area contributed by atoms with E-state index in [9.17, 15) is 4.79 Å². The highest BCUT2D eigenvalue weighted by Gasteiger charge is 2.28. The summed E-state index contributed by atoms with van der Waals surface area (Å²) in [6, 6.07) is 9.96. The first-order valence-corrected chi connectivity index (χ1v) is 7.69. The zero-order valence-electron chi connectivity index (χ0n) is 13.3. The van der Waals surface area contributed by atoms with Gasteiger partial charge in [-0.25, -0.2) is 0 Å². The smallest absolute Gasteiger partial charge is 0.256 e. The molecule has 1 aliphatic rings. The van der Waals surface area contributed by atoms with Crippen LogP contribution < -0.4 is 16.0 Å². The molecule has 1 saturated carbocycles. The highest BCUT2D eigenvalue weighted by atomic mass is 16.5. The van der Waals surface area contributed by atoms with Crippen molar-refractivity contribution in [3.8, 4) is 17.0 Å². The summed E-state index contributed by atoms with van der Waals surface area (Å²) >= 11 is 0. The number of hydrogen-bond acceptors (Lipinski definition) is 3. The summed E-state index contributed by atoms with van der Waals surface area (Å²) in [6.45, 7) is 3.86. The van der Waals surface area contributed by atoms with Crippen LogP contribution in [-0.2, 0) is 0 Å². The average Bonchev–Trinajstić information content (AvgIpc) is 3.30. The maximum absolute atomic E-state index is 12.8. The van der Waals surface area contributed by atoms with Gasteiger partial charge in [0.15, 0.2) is 0 Å². The second-order valence-corrected chi connectivity index (χ2v) is 6.05.